The lowest BCUT2D eigenvalue weighted by Gasteiger charge is -2.23. The molecule has 0 unspecified atom stereocenters. The maximum absolute atomic E-state index is 12.5. The number of aromatic nitrogens is 4. The molecule has 0 spiro atoms. The number of ether oxygens (including phenoxy) is 1. The highest BCUT2D eigenvalue weighted by molar-refractivity contribution is 5.60. The van der Waals surface area contributed by atoms with Crippen LogP contribution in [0.2, 0.25) is 0 Å². The van der Waals surface area contributed by atoms with Crippen LogP contribution in [0.15, 0.2) is 77.9 Å². The number of nitrogens with zero attached hydrogens (tertiary/aromatic N) is 5. The van der Waals surface area contributed by atoms with E-state index in [1.807, 2.05) is 30.3 Å². The Morgan fingerprint density at radius 2 is 1.77 bits per heavy atom. The lowest BCUT2D eigenvalue weighted by Crippen LogP contribution is -2.34. The van der Waals surface area contributed by atoms with Crippen molar-refractivity contribution >= 4 is 0 Å². The summed E-state index contributed by atoms with van der Waals surface area (Å²) in [5.74, 6) is 1.26. The molecule has 0 atom stereocenters. The van der Waals surface area contributed by atoms with E-state index < -0.39 is 0 Å². The predicted octanol–water partition coefficient (Wildman–Crippen LogP) is 3.42. The fourth-order valence-electron chi connectivity index (χ4n) is 4.08. The summed E-state index contributed by atoms with van der Waals surface area (Å²) >= 11 is 0. The van der Waals surface area contributed by atoms with Crippen LogP contribution in [0.5, 0.6) is 5.75 Å². The van der Waals surface area contributed by atoms with E-state index >= 15 is 0 Å². The fourth-order valence-corrected chi connectivity index (χ4v) is 4.08. The van der Waals surface area contributed by atoms with Crippen LogP contribution in [0.25, 0.3) is 22.6 Å². The summed E-state index contributed by atoms with van der Waals surface area (Å²) in [6, 6.07) is 20.2. The number of rotatable bonds is 6. The van der Waals surface area contributed by atoms with Gasteiger partial charge in [0, 0.05) is 17.2 Å². The Morgan fingerprint density at radius 3 is 2.57 bits per heavy atom. The predicted molar refractivity (Wildman–Crippen MR) is 132 cm³/mol. The van der Waals surface area contributed by atoms with Gasteiger partial charge in [0.1, 0.15) is 6.10 Å². The van der Waals surface area contributed by atoms with Crippen LogP contribution >= 0.6 is 0 Å². The monoisotopic (exact) mass is 464 g/mol. The van der Waals surface area contributed by atoms with Crippen molar-refractivity contribution in [3.8, 4) is 34.5 Å². The second-order valence-electron chi connectivity index (χ2n) is 8.42. The first-order valence-electron chi connectivity index (χ1n) is 11.6. The molecule has 1 aliphatic rings. The number of hydrogen-bond acceptors (Lipinski definition) is 7. The minimum atomic E-state index is -0.203. The number of benzene rings is 2. The van der Waals surface area contributed by atoms with Crippen molar-refractivity contribution in [2.45, 2.75) is 25.5 Å². The van der Waals surface area contributed by atoms with Gasteiger partial charge in [-0.15, -0.1) is 0 Å². The Kier molecular flexibility index (Phi) is 6.59. The molecule has 0 aliphatic carbocycles. The highest BCUT2D eigenvalue weighted by Gasteiger charge is 2.15. The van der Waals surface area contributed by atoms with Crippen LogP contribution in [0, 0.1) is 11.3 Å². The maximum Gasteiger partial charge on any atom is 0.267 e. The third-order valence-corrected chi connectivity index (χ3v) is 5.89. The average Bonchev–Trinajstić information content (AvgIpc) is 2.91. The Bertz CT molecular complexity index is 1420. The zero-order valence-corrected chi connectivity index (χ0v) is 19.1. The Balaban J connectivity index is 1.34. The molecule has 0 bridgehead atoms. The number of hydrogen-bond donors (Lipinski definition) is 1. The highest BCUT2D eigenvalue weighted by atomic mass is 16.5. The Hall–Kier alpha value is -4.35. The normalized spacial score (nSPS) is 13.8. The van der Waals surface area contributed by atoms with Gasteiger partial charge in [0.15, 0.2) is 11.6 Å². The molecular weight excluding hydrogens is 440 g/mol. The molecule has 174 valence electrons. The van der Waals surface area contributed by atoms with E-state index in [-0.39, 0.29) is 11.7 Å². The zero-order chi connectivity index (χ0) is 24.0. The van der Waals surface area contributed by atoms with Crippen molar-refractivity contribution in [2.75, 3.05) is 13.1 Å². The van der Waals surface area contributed by atoms with Crippen LogP contribution in [-0.2, 0) is 6.54 Å². The van der Waals surface area contributed by atoms with Gasteiger partial charge >= 0.3 is 0 Å². The molecule has 3 heterocycles. The summed E-state index contributed by atoms with van der Waals surface area (Å²) in [6.07, 6.45) is 5.56. The summed E-state index contributed by atoms with van der Waals surface area (Å²) in [6.45, 7) is 2.22. The molecule has 2 aromatic heterocycles. The quantitative estimate of drug-likeness (QED) is 0.466. The largest absolute Gasteiger partial charge is 0.487 e. The van der Waals surface area contributed by atoms with Crippen molar-refractivity contribution in [1.29, 1.82) is 5.26 Å². The second-order valence-corrected chi connectivity index (χ2v) is 8.42. The van der Waals surface area contributed by atoms with E-state index in [0.717, 1.165) is 42.6 Å². The molecular formula is C27H24N6O2. The van der Waals surface area contributed by atoms with Crippen molar-refractivity contribution in [1.82, 2.24) is 25.1 Å². The van der Waals surface area contributed by atoms with E-state index in [9.17, 15) is 4.79 Å². The molecule has 8 nitrogen and oxygen atoms in total. The molecule has 4 aromatic rings. The van der Waals surface area contributed by atoms with E-state index in [4.69, 9.17) is 10.00 Å². The minimum Gasteiger partial charge on any atom is -0.487 e. The molecule has 1 saturated heterocycles. The van der Waals surface area contributed by atoms with Crippen molar-refractivity contribution in [3.63, 3.8) is 0 Å². The first-order valence-corrected chi connectivity index (χ1v) is 11.6. The maximum atomic E-state index is 12.5. The topological polar surface area (TPSA) is 106 Å². The highest BCUT2D eigenvalue weighted by Crippen LogP contribution is 2.21. The minimum absolute atomic E-state index is 0.193. The lowest BCUT2D eigenvalue weighted by molar-refractivity contribution is 0.161. The molecule has 8 heteroatoms. The van der Waals surface area contributed by atoms with Crippen molar-refractivity contribution in [3.05, 3.63) is 94.5 Å². The van der Waals surface area contributed by atoms with Crippen LogP contribution < -0.4 is 15.6 Å². The first-order chi connectivity index (χ1) is 17.2. The molecule has 1 fully saturated rings. The first kappa shape index (κ1) is 22.4. The third-order valence-electron chi connectivity index (χ3n) is 5.89. The average molecular weight is 465 g/mol. The van der Waals surface area contributed by atoms with Gasteiger partial charge in [-0.3, -0.25) is 4.79 Å². The molecule has 1 N–H and O–H groups in total. The lowest BCUT2D eigenvalue weighted by atomic mass is 10.1. The smallest absolute Gasteiger partial charge is 0.267 e. The zero-order valence-electron chi connectivity index (χ0n) is 19.1. The molecule has 0 radical (unpaired) electrons. The molecule has 1 aliphatic heterocycles. The van der Waals surface area contributed by atoms with Crippen molar-refractivity contribution in [2.24, 2.45) is 0 Å². The Morgan fingerprint density at radius 1 is 1.00 bits per heavy atom. The van der Waals surface area contributed by atoms with E-state index in [1.165, 1.54) is 10.7 Å². The van der Waals surface area contributed by atoms with Crippen molar-refractivity contribution < 1.29 is 4.74 Å². The van der Waals surface area contributed by atoms with Gasteiger partial charge in [-0.05, 0) is 55.8 Å². The van der Waals surface area contributed by atoms with E-state index in [1.54, 1.807) is 36.7 Å². The molecule has 35 heavy (non-hydrogen) atoms. The summed E-state index contributed by atoms with van der Waals surface area (Å²) in [7, 11) is 0. The number of nitrogens with one attached hydrogen (secondary N) is 1. The summed E-state index contributed by atoms with van der Waals surface area (Å²) in [5, 5.41) is 17.0. The fraction of sp³-hybridized carbons (Fsp3) is 0.222. The number of nitriles is 1. The number of piperidine rings is 1. The van der Waals surface area contributed by atoms with Gasteiger partial charge in [0.2, 0.25) is 0 Å². The SMILES string of the molecule is N#Cc1cccc(-c2ccc(=O)n(Cc3cccc(-c4ncc(OC5CCNCC5)cn4)c3)n2)c1. The molecule has 0 amide bonds. The van der Waals surface area contributed by atoms with E-state index in [0.29, 0.717) is 29.4 Å². The van der Waals surface area contributed by atoms with Gasteiger partial charge in [0.25, 0.3) is 5.56 Å². The van der Waals surface area contributed by atoms with Gasteiger partial charge in [-0.1, -0.05) is 30.3 Å². The molecule has 0 saturated carbocycles. The summed E-state index contributed by atoms with van der Waals surface area (Å²) in [4.78, 5) is 21.5. The van der Waals surface area contributed by atoms with Crippen LogP contribution in [0.1, 0.15) is 24.0 Å². The van der Waals surface area contributed by atoms with Gasteiger partial charge in [0.05, 0.1) is 36.3 Å². The van der Waals surface area contributed by atoms with Crippen LogP contribution in [-0.4, -0.2) is 38.9 Å². The Labute approximate surface area is 202 Å². The van der Waals surface area contributed by atoms with Gasteiger partial charge < -0.3 is 10.1 Å². The summed E-state index contributed by atoms with van der Waals surface area (Å²) in [5.41, 5.74) is 3.51. The molecule has 2 aromatic carbocycles. The van der Waals surface area contributed by atoms with Crippen LogP contribution in [0.4, 0.5) is 0 Å². The summed E-state index contributed by atoms with van der Waals surface area (Å²) < 4.78 is 7.42. The standard InChI is InChI=1S/C27H24N6O2/c28-15-19-3-1-5-21(13-19)25-7-8-26(34)33(32-25)18-20-4-2-6-22(14-20)27-30-16-24(17-31-27)35-23-9-11-29-12-10-23/h1-8,13-14,16-17,23,29H,9-12,18H2. The second kappa shape index (κ2) is 10.3. The third kappa shape index (κ3) is 5.42. The van der Waals surface area contributed by atoms with Crippen LogP contribution in [0.3, 0.4) is 0 Å². The van der Waals surface area contributed by atoms with Gasteiger partial charge in [-0.25, -0.2) is 14.6 Å². The van der Waals surface area contributed by atoms with E-state index in [2.05, 4.69) is 26.5 Å². The van der Waals surface area contributed by atoms with Gasteiger partial charge in [-0.2, -0.15) is 10.4 Å². The molecule has 5 rings (SSSR count).